The van der Waals surface area contributed by atoms with Crippen LogP contribution in [0.1, 0.15) is 56.4 Å². The lowest BCUT2D eigenvalue weighted by Crippen LogP contribution is -2.39. The van der Waals surface area contributed by atoms with Crippen LogP contribution in [0.15, 0.2) is 9.41 Å². The van der Waals surface area contributed by atoms with Crippen molar-refractivity contribution in [1.29, 1.82) is 0 Å². The minimum atomic E-state index is 0. The number of nitrogens with zero attached hydrogens (tertiary/aromatic N) is 3. The number of likely N-dealkylation sites (tertiary alicyclic amines) is 1. The topological polar surface area (TPSA) is 74.9 Å². The Morgan fingerprint density at radius 1 is 1.17 bits per heavy atom. The Morgan fingerprint density at radius 2 is 1.93 bits per heavy atom. The predicted octanol–water partition coefficient (Wildman–Crippen LogP) is 3.49. The maximum absolute atomic E-state index is 5.73. The monoisotopic (exact) mass is 533 g/mol. The molecule has 0 atom stereocenters. The highest BCUT2D eigenvalue weighted by Gasteiger charge is 2.21. The van der Waals surface area contributed by atoms with E-state index >= 15 is 0 Å². The highest BCUT2D eigenvalue weighted by atomic mass is 127. The summed E-state index contributed by atoms with van der Waals surface area (Å²) in [4.78, 5) is 11.8. The molecule has 1 saturated heterocycles. The van der Waals surface area contributed by atoms with E-state index in [-0.39, 0.29) is 24.0 Å². The standard InChI is InChI=1S/C22H39N5O2.HI/c1-4-23-22(24-10-5-13-28-16-20-6-7-20)25-14-19-8-11-27(12-9-19)15-21-26-17(2)18(3)29-21;/h19-20H,4-16H2,1-3H3,(H2,23,24,25);1H. The molecule has 172 valence electrons. The van der Waals surface area contributed by atoms with E-state index in [0.717, 1.165) is 88.1 Å². The first-order chi connectivity index (χ1) is 14.1. The van der Waals surface area contributed by atoms with Crippen molar-refractivity contribution in [1.82, 2.24) is 20.5 Å². The van der Waals surface area contributed by atoms with Gasteiger partial charge in [0.05, 0.1) is 12.2 Å². The van der Waals surface area contributed by atoms with Gasteiger partial charge in [-0.05, 0) is 77.8 Å². The Kier molecular flexibility index (Phi) is 11.4. The van der Waals surface area contributed by atoms with Crippen LogP contribution >= 0.6 is 24.0 Å². The zero-order chi connectivity index (χ0) is 20.5. The van der Waals surface area contributed by atoms with Crippen molar-refractivity contribution < 1.29 is 9.15 Å². The van der Waals surface area contributed by atoms with Crippen LogP contribution in [-0.2, 0) is 11.3 Å². The van der Waals surface area contributed by atoms with Gasteiger partial charge in [-0.15, -0.1) is 24.0 Å². The Hall–Kier alpha value is -0.870. The Balaban J connectivity index is 0.00000320. The zero-order valence-corrected chi connectivity index (χ0v) is 21.2. The van der Waals surface area contributed by atoms with Crippen molar-refractivity contribution in [3.05, 3.63) is 17.3 Å². The average Bonchev–Trinajstić information content (AvgIpc) is 3.48. The summed E-state index contributed by atoms with van der Waals surface area (Å²) < 4.78 is 11.4. The minimum absolute atomic E-state index is 0. The van der Waals surface area contributed by atoms with Crippen molar-refractivity contribution in [3.8, 4) is 0 Å². The Morgan fingerprint density at radius 3 is 2.57 bits per heavy atom. The predicted molar refractivity (Wildman–Crippen MR) is 132 cm³/mol. The van der Waals surface area contributed by atoms with Crippen molar-refractivity contribution in [2.24, 2.45) is 16.8 Å². The summed E-state index contributed by atoms with van der Waals surface area (Å²) >= 11 is 0. The molecule has 0 radical (unpaired) electrons. The molecule has 2 heterocycles. The van der Waals surface area contributed by atoms with E-state index in [4.69, 9.17) is 14.1 Å². The number of ether oxygens (including phenoxy) is 1. The third-order valence-electron chi connectivity index (χ3n) is 5.80. The quantitative estimate of drug-likeness (QED) is 0.196. The molecule has 1 aliphatic heterocycles. The van der Waals surface area contributed by atoms with Crippen LogP contribution in [0, 0.1) is 25.7 Å². The molecule has 1 saturated carbocycles. The second-order valence-electron chi connectivity index (χ2n) is 8.49. The van der Waals surface area contributed by atoms with Crippen LogP contribution in [0.2, 0.25) is 0 Å². The number of guanidine groups is 1. The summed E-state index contributed by atoms with van der Waals surface area (Å²) in [5.41, 5.74) is 1.00. The van der Waals surface area contributed by atoms with Gasteiger partial charge in [0.1, 0.15) is 5.76 Å². The summed E-state index contributed by atoms with van der Waals surface area (Å²) in [6.45, 7) is 13.5. The first kappa shape index (κ1) is 25.4. The molecule has 2 aliphatic rings. The van der Waals surface area contributed by atoms with E-state index in [2.05, 4.69) is 27.4 Å². The zero-order valence-electron chi connectivity index (χ0n) is 18.9. The first-order valence-corrected chi connectivity index (χ1v) is 11.4. The van der Waals surface area contributed by atoms with E-state index in [1.807, 2.05) is 13.8 Å². The van der Waals surface area contributed by atoms with Crippen LogP contribution in [0.25, 0.3) is 0 Å². The number of aromatic nitrogens is 1. The molecule has 8 heteroatoms. The van der Waals surface area contributed by atoms with Crippen molar-refractivity contribution in [2.75, 3.05) is 45.9 Å². The van der Waals surface area contributed by atoms with E-state index in [9.17, 15) is 0 Å². The number of hydrogen-bond acceptors (Lipinski definition) is 5. The van der Waals surface area contributed by atoms with Crippen molar-refractivity contribution in [2.45, 2.75) is 59.4 Å². The second-order valence-corrected chi connectivity index (χ2v) is 8.49. The molecule has 30 heavy (non-hydrogen) atoms. The number of piperidine rings is 1. The lowest BCUT2D eigenvalue weighted by atomic mass is 9.97. The molecule has 2 N–H and O–H groups in total. The number of rotatable bonds is 11. The van der Waals surface area contributed by atoms with Crippen LogP contribution < -0.4 is 10.6 Å². The van der Waals surface area contributed by atoms with Gasteiger partial charge in [-0.1, -0.05) is 0 Å². The van der Waals surface area contributed by atoms with Gasteiger partial charge in [-0.2, -0.15) is 0 Å². The SMILES string of the molecule is CCNC(=NCC1CCN(Cc2nc(C)c(C)o2)CC1)NCCCOCC1CC1.I. The third kappa shape index (κ3) is 9.09. The van der Waals surface area contributed by atoms with Crippen LogP contribution in [0.5, 0.6) is 0 Å². The molecular weight excluding hydrogens is 493 g/mol. The van der Waals surface area contributed by atoms with Crippen LogP contribution in [-0.4, -0.2) is 61.8 Å². The van der Waals surface area contributed by atoms with Gasteiger partial charge < -0.3 is 19.8 Å². The first-order valence-electron chi connectivity index (χ1n) is 11.4. The average molecular weight is 533 g/mol. The van der Waals surface area contributed by atoms with Crippen LogP contribution in [0.3, 0.4) is 0 Å². The van der Waals surface area contributed by atoms with E-state index < -0.39 is 0 Å². The molecule has 1 aromatic heterocycles. The fourth-order valence-corrected chi connectivity index (χ4v) is 3.60. The fourth-order valence-electron chi connectivity index (χ4n) is 3.60. The molecule has 0 bridgehead atoms. The molecule has 0 amide bonds. The summed E-state index contributed by atoms with van der Waals surface area (Å²) in [6.07, 6.45) is 6.09. The summed E-state index contributed by atoms with van der Waals surface area (Å²) in [5, 5.41) is 6.80. The second kappa shape index (κ2) is 13.5. The molecule has 1 aliphatic carbocycles. The normalized spacial score (nSPS) is 18.3. The Bertz CT molecular complexity index is 620. The van der Waals surface area contributed by atoms with Gasteiger partial charge in [0.2, 0.25) is 5.89 Å². The summed E-state index contributed by atoms with van der Waals surface area (Å²) in [7, 11) is 0. The lowest BCUT2D eigenvalue weighted by molar-refractivity contribution is 0.123. The highest BCUT2D eigenvalue weighted by Crippen LogP contribution is 2.28. The van der Waals surface area contributed by atoms with E-state index in [1.165, 1.54) is 25.7 Å². The van der Waals surface area contributed by atoms with Crippen molar-refractivity contribution >= 4 is 29.9 Å². The highest BCUT2D eigenvalue weighted by molar-refractivity contribution is 14.0. The lowest BCUT2D eigenvalue weighted by Gasteiger charge is -2.30. The molecule has 0 spiro atoms. The van der Waals surface area contributed by atoms with E-state index in [1.54, 1.807) is 0 Å². The van der Waals surface area contributed by atoms with Gasteiger partial charge >= 0.3 is 0 Å². The number of halogens is 1. The third-order valence-corrected chi connectivity index (χ3v) is 5.80. The number of hydrogen-bond donors (Lipinski definition) is 2. The number of oxazole rings is 1. The van der Waals surface area contributed by atoms with Gasteiger partial charge in [0.15, 0.2) is 5.96 Å². The number of aliphatic imine (C=N–C) groups is 1. The number of nitrogens with one attached hydrogen (secondary N) is 2. The number of aryl methyl sites for hydroxylation is 2. The molecule has 3 rings (SSSR count). The van der Waals surface area contributed by atoms with Gasteiger partial charge in [-0.25, -0.2) is 4.98 Å². The smallest absolute Gasteiger partial charge is 0.208 e. The molecule has 0 aromatic carbocycles. The van der Waals surface area contributed by atoms with Crippen molar-refractivity contribution in [3.63, 3.8) is 0 Å². The fraction of sp³-hybridized carbons (Fsp3) is 0.818. The van der Waals surface area contributed by atoms with Crippen LogP contribution in [0.4, 0.5) is 0 Å². The molecule has 0 unspecified atom stereocenters. The molecule has 7 nitrogen and oxygen atoms in total. The maximum Gasteiger partial charge on any atom is 0.208 e. The maximum atomic E-state index is 5.73. The van der Waals surface area contributed by atoms with Gasteiger partial charge in [0, 0.05) is 32.8 Å². The molecular formula is C22H40IN5O2. The minimum Gasteiger partial charge on any atom is -0.444 e. The van der Waals surface area contributed by atoms with Gasteiger partial charge in [0.25, 0.3) is 0 Å². The van der Waals surface area contributed by atoms with E-state index in [0.29, 0.717) is 5.92 Å². The molecule has 1 aromatic rings. The van der Waals surface area contributed by atoms with Gasteiger partial charge in [-0.3, -0.25) is 9.89 Å². The molecule has 2 fully saturated rings. The summed E-state index contributed by atoms with van der Waals surface area (Å²) in [6, 6.07) is 0. The summed E-state index contributed by atoms with van der Waals surface area (Å²) in [5.74, 6) is 4.20. The Labute approximate surface area is 198 Å². The largest absolute Gasteiger partial charge is 0.444 e.